The predicted molar refractivity (Wildman–Crippen MR) is 157 cm³/mol. The summed E-state index contributed by atoms with van der Waals surface area (Å²) in [5.74, 6) is 0.244. The number of carbonyl (C=O) groups excluding carboxylic acids is 1. The van der Waals surface area contributed by atoms with E-state index in [1.54, 1.807) is 37.4 Å². The molecular formula is C30H33N3O5S2. The van der Waals surface area contributed by atoms with E-state index in [-0.39, 0.29) is 28.2 Å². The van der Waals surface area contributed by atoms with Gasteiger partial charge in [0.15, 0.2) is 0 Å². The number of nitrogens with one attached hydrogen (secondary N) is 2. The summed E-state index contributed by atoms with van der Waals surface area (Å²) in [7, 11) is -4.47. The van der Waals surface area contributed by atoms with E-state index >= 15 is 0 Å². The van der Waals surface area contributed by atoms with Gasteiger partial charge in [-0.15, -0.1) is 0 Å². The van der Waals surface area contributed by atoms with Gasteiger partial charge in [-0.1, -0.05) is 48.5 Å². The second kappa shape index (κ2) is 11.3. The van der Waals surface area contributed by atoms with Crippen LogP contribution in [0.2, 0.25) is 0 Å². The van der Waals surface area contributed by atoms with Crippen molar-refractivity contribution in [1.29, 1.82) is 0 Å². The van der Waals surface area contributed by atoms with Crippen LogP contribution in [-0.2, 0) is 37.7 Å². The van der Waals surface area contributed by atoms with Gasteiger partial charge in [0.1, 0.15) is 0 Å². The Bertz CT molecular complexity index is 1800. The number of rotatable bonds is 11. The number of likely N-dealkylation sites (N-methyl/N-ethyl adjacent to an activating group) is 1. The molecule has 1 amide bonds. The highest BCUT2D eigenvalue weighted by Gasteiger charge is 2.29. The van der Waals surface area contributed by atoms with Gasteiger partial charge in [-0.05, 0) is 89.7 Å². The third-order valence-electron chi connectivity index (χ3n) is 7.51. The number of carbonyl (C=O) groups is 1. The Hall–Kier alpha value is -3.31. The van der Waals surface area contributed by atoms with Crippen LogP contribution in [0.25, 0.3) is 21.5 Å². The van der Waals surface area contributed by atoms with Crippen LogP contribution in [0.15, 0.2) is 82.6 Å². The van der Waals surface area contributed by atoms with Crippen molar-refractivity contribution in [3.8, 4) is 0 Å². The summed E-state index contributed by atoms with van der Waals surface area (Å²) in [4.78, 5) is 12.4. The van der Waals surface area contributed by atoms with Crippen molar-refractivity contribution in [3.05, 3.63) is 83.9 Å². The van der Waals surface area contributed by atoms with Gasteiger partial charge in [-0.2, -0.15) is 0 Å². The molecule has 0 aromatic heterocycles. The molecule has 1 saturated carbocycles. The summed E-state index contributed by atoms with van der Waals surface area (Å²) in [5, 5.41) is 6.43. The summed E-state index contributed by atoms with van der Waals surface area (Å²) in [6, 6.07) is 21.6. The number of benzene rings is 4. The first kappa shape index (κ1) is 28.2. The van der Waals surface area contributed by atoms with E-state index in [1.165, 1.54) is 11.4 Å². The molecule has 10 heteroatoms. The van der Waals surface area contributed by atoms with Gasteiger partial charge in [0.25, 0.3) is 0 Å². The van der Waals surface area contributed by atoms with Crippen LogP contribution in [0.1, 0.15) is 24.0 Å². The molecule has 1 aliphatic carbocycles. The van der Waals surface area contributed by atoms with Crippen LogP contribution >= 0.6 is 0 Å². The minimum Gasteiger partial charge on any atom is -0.356 e. The largest absolute Gasteiger partial charge is 0.356 e. The number of fused-ring (bicyclic) bond motifs is 2. The van der Waals surface area contributed by atoms with E-state index in [2.05, 4.69) is 10.0 Å². The van der Waals surface area contributed by atoms with E-state index in [0.29, 0.717) is 19.4 Å². The summed E-state index contributed by atoms with van der Waals surface area (Å²) in [5.41, 5.74) is 1.85. The molecular weight excluding hydrogens is 546 g/mol. The van der Waals surface area contributed by atoms with Crippen molar-refractivity contribution >= 4 is 47.5 Å². The fourth-order valence-electron chi connectivity index (χ4n) is 4.90. The highest BCUT2D eigenvalue weighted by Crippen LogP contribution is 2.29. The van der Waals surface area contributed by atoms with Gasteiger partial charge >= 0.3 is 0 Å². The summed E-state index contributed by atoms with van der Waals surface area (Å²) in [6.07, 6.45) is 2.93. The van der Waals surface area contributed by atoms with Gasteiger partial charge in [0, 0.05) is 26.1 Å². The first-order valence-corrected chi connectivity index (χ1v) is 16.2. The van der Waals surface area contributed by atoms with Crippen molar-refractivity contribution in [1.82, 2.24) is 14.3 Å². The maximum absolute atomic E-state index is 13.6. The molecule has 4 aromatic rings. The molecule has 0 unspecified atom stereocenters. The first-order valence-electron chi connectivity index (χ1n) is 13.3. The molecule has 0 saturated heterocycles. The second-order valence-electron chi connectivity index (χ2n) is 10.2. The number of sulfonamides is 2. The minimum atomic E-state index is -3.79. The van der Waals surface area contributed by atoms with E-state index in [0.717, 1.165) is 45.5 Å². The van der Waals surface area contributed by atoms with Gasteiger partial charge in [-0.25, -0.2) is 25.9 Å². The lowest BCUT2D eigenvalue weighted by molar-refractivity contribution is -0.122. The zero-order valence-corrected chi connectivity index (χ0v) is 24.2. The molecule has 0 heterocycles. The zero-order valence-electron chi connectivity index (χ0n) is 22.6. The molecule has 0 bridgehead atoms. The van der Waals surface area contributed by atoms with Gasteiger partial charge in [-0.3, -0.25) is 4.79 Å². The molecule has 5 rings (SSSR count). The standard InChI is InChI=1S/C30H33N3O5S2/c1-31-39(35,36)26-13-11-21-6-4-8-24(28(21)19-26)16-18-33(2)40(37,38)27-14-12-22-5-3-7-23(29(22)20-27)15-17-32-30(34)25-9-10-25/h3-8,11-14,19-20,25,31H,9-10,15-18H2,1-2H3,(H,32,34). The monoisotopic (exact) mass is 579 g/mol. The summed E-state index contributed by atoms with van der Waals surface area (Å²) in [6.45, 7) is 0.727. The molecule has 0 atom stereocenters. The van der Waals surface area contributed by atoms with Crippen LogP contribution in [0.5, 0.6) is 0 Å². The highest BCUT2D eigenvalue weighted by molar-refractivity contribution is 7.89. The lowest BCUT2D eigenvalue weighted by Gasteiger charge is -2.19. The highest BCUT2D eigenvalue weighted by atomic mass is 32.2. The zero-order chi connectivity index (χ0) is 28.5. The number of nitrogens with zero attached hydrogens (tertiary/aromatic N) is 1. The van der Waals surface area contributed by atoms with Crippen LogP contribution in [0.3, 0.4) is 0 Å². The van der Waals surface area contributed by atoms with Crippen LogP contribution in [0, 0.1) is 5.92 Å². The smallest absolute Gasteiger partial charge is 0.242 e. The van der Waals surface area contributed by atoms with Crippen LogP contribution in [0.4, 0.5) is 0 Å². The molecule has 8 nitrogen and oxygen atoms in total. The molecule has 0 aliphatic heterocycles. The van der Waals surface area contributed by atoms with Crippen molar-refractivity contribution in [2.75, 3.05) is 27.2 Å². The Morgan fingerprint density at radius 2 is 1.40 bits per heavy atom. The van der Waals surface area contributed by atoms with Crippen molar-refractivity contribution in [2.45, 2.75) is 35.5 Å². The maximum Gasteiger partial charge on any atom is 0.242 e. The van der Waals surface area contributed by atoms with E-state index in [1.807, 2.05) is 42.5 Å². The molecule has 4 aromatic carbocycles. The lowest BCUT2D eigenvalue weighted by Crippen LogP contribution is -2.29. The molecule has 2 N–H and O–H groups in total. The average molecular weight is 580 g/mol. The molecule has 210 valence electrons. The van der Waals surface area contributed by atoms with Crippen molar-refractivity contribution < 1.29 is 21.6 Å². The number of hydrogen-bond donors (Lipinski definition) is 2. The van der Waals surface area contributed by atoms with Crippen molar-refractivity contribution in [3.63, 3.8) is 0 Å². The van der Waals surface area contributed by atoms with Gasteiger partial charge in [0.05, 0.1) is 9.79 Å². The fourth-order valence-corrected chi connectivity index (χ4v) is 6.86. The topological polar surface area (TPSA) is 113 Å². The van der Waals surface area contributed by atoms with E-state index < -0.39 is 20.0 Å². The van der Waals surface area contributed by atoms with Gasteiger partial charge in [0.2, 0.25) is 26.0 Å². The van der Waals surface area contributed by atoms with Crippen LogP contribution < -0.4 is 10.0 Å². The molecule has 40 heavy (non-hydrogen) atoms. The third kappa shape index (κ3) is 5.90. The Labute approximate surface area is 235 Å². The normalized spacial score (nSPS) is 14.2. The van der Waals surface area contributed by atoms with Crippen LogP contribution in [-0.4, -0.2) is 54.2 Å². The summed E-state index contributed by atoms with van der Waals surface area (Å²) >= 11 is 0. The Kier molecular flexibility index (Phi) is 7.96. The first-order chi connectivity index (χ1) is 19.1. The fraction of sp³-hybridized carbons (Fsp3) is 0.300. The molecule has 0 spiro atoms. The quantitative estimate of drug-likeness (QED) is 0.281. The number of amides is 1. The Balaban J connectivity index is 1.35. The second-order valence-corrected chi connectivity index (χ2v) is 14.1. The Morgan fingerprint density at radius 3 is 2.00 bits per heavy atom. The maximum atomic E-state index is 13.6. The third-order valence-corrected chi connectivity index (χ3v) is 10.8. The lowest BCUT2D eigenvalue weighted by atomic mass is 10.0. The minimum absolute atomic E-state index is 0.0937. The predicted octanol–water partition coefficient (Wildman–Crippen LogP) is 3.83. The Morgan fingerprint density at radius 1 is 0.825 bits per heavy atom. The van der Waals surface area contributed by atoms with E-state index in [4.69, 9.17) is 0 Å². The molecule has 0 radical (unpaired) electrons. The van der Waals surface area contributed by atoms with Gasteiger partial charge < -0.3 is 5.32 Å². The van der Waals surface area contributed by atoms with Crippen molar-refractivity contribution in [2.24, 2.45) is 5.92 Å². The molecule has 1 fully saturated rings. The average Bonchev–Trinajstić information content (AvgIpc) is 3.81. The molecule has 1 aliphatic rings. The SMILES string of the molecule is CNS(=O)(=O)c1ccc2cccc(CCN(C)S(=O)(=O)c3ccc4cccc(CCNC(=O)C5CC5)c4c3)c2c1. The van der Waals surface area contributed by atoms with E-state index in [9.17, 15) is 21.6 Å². The number of hydrogen-bond acceptors (Lipinski definition) is 5. The summed E-state index contributed by atoms with van der Waals surface area (Å²) < 4.78 is 55.5.